The second-order valence-corrected chi connectivity index (χ2v) is 7.93. The molecule has 2 aromatic carbocycles. The first-order valence-corrected chi connectivity index (χ1v) is 10.8. The molecule has 0 spiro atoms. The number of H-pyrrole nitrogens is 1. The molecule has 6 heteroatoms. The van der Waals surface area contributed by atoms with Crippen molar-refractivity contribution in [2.75, 3.05) is 13.1 Å². The van der Waals surface area contributed by atoms with Crippen LogP contribution in [-0.4, -0.2) is 38.8 Å². The molecule has 0 saturated carbocycles. The number of nitrogens with one attached hydrogen (secondary N) is 1. The maximum atomic E-state index is 11.9. The van der Waals surface area contributed by atoms with Crippen molar-refractivity contribution in [3.05, 3.63) is 85.5 Å². The van der Waals surface area contributed by atoms with Crippen LogP contribution in [0.5, 0.6) is 11.5 Å². The molecule has 5 rings (SSSR count). The fourth-order valence-corrected chi connectivity index (χ4v) is 4.35. The van der Waals surface area contributed by atoms with E-state index in [4.69, 9.17) is 4.74 Å². The number of ether oxygens (including phenoxy) is 1. The van der Waals surface area contributed by atoms with Gasteiger partial charge in [-0.05, 0) is 48.7 Å². The zero-order valence-electron chi connectivity index (χ0n) is 17.7. The molecule has 0 radical (unpaired) electrons. The Morgan fingerprint density at radius 2 is 1.75 bits per heavy atom. The van der Waals surface area contributed by atoms with Crippen molar-refractivity contribution in [2.45, 2.75) is 18.8 Å². The summed E-state index contributed by atoms with van der Waals surface area (Å²) in [6.07, 6.45) is 6.75. The Bertz CT molecular complexity index is 1240. The molecule has 0 atom stereocenters. The van der Waals surface area contributed by atoms with Gasteiger partial charge in [-0.2, -0.15) is 0 Å². The van der Waals surface area contributed by atoms with Gasteiger partial charge in [0, 0.05) is 36.2 Å². The Balaban J connectivity index is 1.42. The fourth-order valence-electron chi connectivity index (χ4n) is 4.35. The summed E-state index contributed by atoms with van der Waals surface area (Å²) in [5, 5.41) is 1.05. The first kappa shape index (κ1) is 20.0. The fraction of sp³-hybridized carbons (Fsp3) is 0.192. The number of benzene rings is 2. The van der Waals surface area contributed by atoms with Gasteiger partial charge in [-0.15, -0.1) is 0 Å². The van der Waals surface area contributed by atoms with Crippen LogP contribution in [0.15, 0.2) is 79.8 Å². The van der Waals surface area contributed by atoms with Crippen LogP contribution < -0.4 is 4.74 Å². The Morgan fingerprint density at radius 1 is 1.03 bits per heavy atom. The van der Waals surface area contributed by atoms with Crippen LogP contribution in [0.25, 0.3) is 22.2 Å². The summed E-state index contributed by atoms with van der Waals surface area (Å²) in [6, 6.07) is 17.8. The summed E-state index contributed by atoms with van der Waals surface area (Å²) in [7, 11) is 0. The van der Waals surface area contributed by atoms with E-state index in [1.807, 2.05) is 53.6 Å². The standard InChI is InChI=1S/C26H24N4O2/c1-2-23(31)30-14-12-19(13-15-30)25-24-22(16-27-26(24)29-17-28-25)18-8-10-21(11-9-18)32-20-6-4-3-5-7-20/h2-11,16-17,19H,1,12-15H2,(H,27,28,29). The van der Waals surface area contributed by atoms with Crippen molar-refractivity contribution in [3.63, 3.8) is 0 Å². The van der Waals surface area contributed by atoms with E-state index in [0.29, 0.717) is 13.1 Å². The lowest BCUT2D eigenvalue weighted by Gasteiger charge is -2.31. The number of nitrogens with zero attached hydrogens (tertiary/aromatic N) is 3. The second-order valence-electron chi connectivity index (χ2n) is 7.93. The van der Waals surface area contributed by atoms with Crippen LogP contribution >= 0.6 is 0 Å². The molecule has 1 N–H and O–H groups in total. The van der Waals surface area contributed by atoms with Crippen molar-refractivity contribution in [2.24, 2.45) is 0 Å². The van der Waals surface area contributed by atoms with E-state index in [2.05, 4.69) is 33.7 Å². The van der Waals surface area contributed by atoms with Crippen LogP contribution in [0, 0.1) is 0 Å². The summed E-state index contributed by atoms with van der Waals surface area (Å²) >= 11 is 0. The maximum Gasteiger partial charge on any atom is 0.245 e. The van der Waals surface area contributed by atoms with Crippen molar-refractivity contribution in [1.29, 1.82) is 0 Å². The minimum Gasteiger partial charge on any atom is -0.457 e. The van der Waals surface area contributed by atoms with Gasteiger partial charge in [0.15, 0.2) is 0 Å². The van der Waals surface area contributed by atoms with Gasteiger partial charge in [0.2, 0.25) is 5.91 Å². The van der Waals surface area contributed by atoms with E-state index in [9.17, 15) is 4.79 Å². The number of piperidine rings is 1. The van der Waals surface area contributed by atoms with Crippen LogP contribution in [0.4, 0.5) is 0 Å². The number of hydrogen-bond acceptors (Lipinski definition) is 4. The van der Waals surface area contributed by atoms with Gasteiger partial charge in [0.25, 0.3) is 0 Å². The predicted octanol–water partition coefficient (Wildman–Crippen LogP) is 5.31. The minimum absolute atomic E-state index is 0.00331. The number of carbonyl (C=O) groups is 1. The number of aromatic nitrogens is 3. The van der Waals surface area contributed by atoms with E-state index in [-0.39, 0.29) is 11.8 Å². The molecule has 1 saturated heterocycles. The summed E-state index contributed by atoms with van der Waals surface area (Å²) in [4.78, 5) is 26.2. The minimum atomic E-state index is -0.00331. The highest BCUT2D eigenvalue weighted by molar-refractivity contribution is 5.95. The van der Waals surface area contributed by atoms with E-state index in [1.54, 1.807) is 6.33 Å². The van der Waals surface area contributed by atoms with Crippen molar-refractivity contribution < 1.29 is 9.53 Å². The first-order chi connectivity index (χ1) is 15.7. The molecule has 0 bridgehead atoms. The van der Waals surface area contributed by atoms with Gasteiger partial charge in [-0.1, -0.05) is 36.9 Å². The van der Waals surface area contributed by atoms with Crippen LogP contribution in [0.2, 0.25) is 0 Å². The zero-order valence-corrected chi connectivity index (χ0v) is 17.7. The molecule has 0 aliphatic carbocycles. The molecule has 0 unspecified atom stereocenters. The van der Waals surface area contributed by atoms with Gasteiger partial charge < -0.3 is 14.6 Å². The van der Waals surface area contributed by atoms with Crippen molar-refractivity contribution in [3.8, 4) is 22.6 Å². The third-order valence-corrected chi connectivity index (χ3v) is 6.01. The highest BCUT2D eigenvalue weighted by Gasteiger charge is 2.26. The normalized spacial score (nSPS) is 14.4. The average Bonchev–Trinajstić information content (AvgIpc) is 3.29. The number of aromatic amines is 1. The van der Waals surface area contributed by atoms with Crippen LogP contribution in [0.3, 0.4) is 0 Å². The molecule has 6 nitrogen and oxygen atoms in total. The molecule has 160 valence electrons. The molecule has 3 heterocycles. The average molecular weight is 425 g/mol. The molecule has 32 heavy (non-hydrogen) atoms. The van der Waals surface area contributed by atoms with Gasteiger partial charge in [0.05, 0.1) is 5.69 Å². The zero-order chi connectivity index (χ0) is 21.9. The topological polar surface area (TPSA) is 71.1 Å². The third-order valence-electron chi connectivity index (χ3n) is 6.01. The van der Waals surface area contributed by atoms with Gasteiger partial charge >= 0.3 is 0 Å². The molecule has 1 fully saturated rings. The number of amides is 1. The number of hydrogen-bond donors (Lipinski definition) is 1. The van der Waals surface area contributed by atoms with Gasteiger partial charge in [-0.25, -0.2) is 9.97 Å². The summed E-state index contributed by atoms with van der Waals surface area (Å²) in [5.74, 6) is 1.88. The predicted molar refractivity (Wildman–Crippen MR) is 125 cm³/mol. The molecular formula is C26H24N4O2. The number of rotatable bonds is 5. The number of carbonyl (C=O) groups excluding carboxylic acids is 1. The largest absolute Gasteiger partial charge is 0.457 e. The lowest BCUT2D eigenvalue weighted by molar-refractivity contribution is -0.127. The lowest BCUT2D eigenvalue weighted by Crippen LogP contribution is -2.37. The molecule has 1 aliphatic heterocycles. The SMILES string of the molecule is C=CC(=O)N1CCC(c2ncnc3[nH]cc(-c4ccc(Oc5ccccc5)cc4)c23)CC1. The Kier molecular flexibility index (Phi) is 5.42. The van der Waals surface area contributed by atoms with Gasteiger partial charge in [0.1, 0.15) is 23.5 Å². The van der Waals surface area contributed by atoms with E-state index in [0.717, 1.165) is 52.2 Å². The molecular weight excluding hydrogens is 400 g/mol. The lowest BCUT2D eigenvalue weighted by atomic mass is 9.90. The van der Waals surface area contributed by atoms with Crippen LogP contribution in [-0.2, 0) is 4.79 Å². The van der Waals surface area contributed by atoms with Gasteiger partial charge in [-0.3, -0.25) is 4.79 Å². The maximum absolute atomic E-state index is 11.9. The highest BCUT2D eigenvalue weighted by atomic mass is 16.5. The molecule has 2 aromatic heterocycles. The smallest absolute Gasteiger partial charge is 0.245 e. The van der Waals surface area contributed by atoms with Crippen molar-refractivity contribution >= 4 is 16.9 Å². The Labute approximate surface area is 186 Å². The third kappa shape index (κ3) is 3.87. The Hall–Kier alpha value is -3.93. The number of likely N-dealkylation sites (tertiary alicyclic amines) is 1. The Morgan fingerprint density at radius 3 is 2.47 bits per heavy atom. The summed E-state index contributed by atoms with van der Waals surface area (Å²) in [5.41, 5.74) is 4.03. The molecule has 4 aromatic rings. The van der Waals surface area contributed by atoms with Crippen LogP contribution in [0.1, 0.15) is 24.5 Å². The van der Waals surface area contributed by atoms with Crippen molar-refractivity contribution in [1.82, 2.24) is 19.9 Å². The number of fused-ring (bicyclic) bond motifs is 1. The highest BCUT2D eigenvalue weighted by Crippen LogP contribution is 2.37. The molecule has 1 aliphatic rings. The first-order valence-electron chi connectivity index (χ1n) is 10.8. The summed E-state index contributed by atoms with van der Waals surface area (Å²) < 4.78 is 5.92. The molecule has 1 amide bonds. The summed E-state index contributed by atoms with van der Waals surface area (Å²) in [6.45, 7) is 5.03. The number of para-hydroxylation sites is 1. The second kappa shape index (κ2) is 8.67. The van der Waals surface area contributed by atoms with E-state index >= 15 is 0 Å². The van der Waals surface area contributed by atoms with E-state index < -0.39 is 0 Å². The van der Waals surface area contributed by atoms with E-state index in [1.165, 1.54) is 6.08 Å². The monoisotopic (exact) mass is 424 g/mol. The quantitative estimate of drug-likeness (QED) is 0.441.